The fourth-order valence-corrected chi connectivity index (χ4v) is 1.71. The molecule has 82 valence electrons. The SMILES string of the molecule is CCc1cn(C2CC2)c(C(C)C(=O)O)n1. The summed E-state index contributed by atoms with van der Waals surface area (Å²) in [4.78, 5) is 15.3. The molecule has 1 heterocycles. The minimum Gasteiger partial charge on any atom is -0.481 e. The summed E-state index contributed by atoms with van der Waals surface area (Å²) >= 11 is 0. The van der Waals surface area contributed by atoms with Crippen LogP contribution < -0.4 is 0 Å². The number of carboxylic acid groups (broad SMARTS) is 1. The lowest BCUT2D eigenvalue weighted by molar-refractivity contribution is -0.138. The number of aromatic nitrogens is 2. The molecule has 1 atom stereocenters. The van der Waals surface area contributed by atoms with Crippen LogP contribution in [0.1, 0.15) is 50.2 Å². The first-order valence-corrected chi connectivity index (χ1v) is 5.44. The Labute approximate surface area is 88.9 Å². The van der Waals surface area contributed by atoms with E-state index in [4.69, 9.17) is 5.11 Å². The fraction of sp³-hybridized carbons (Fsp3) is 0.636. The molecule has 15 heavy (non-hydrogen) atoms. The van der Waals surface area contributed by atoms with Crippen molar-refractivity contribution < 1.29 is 9.90 Å². The van der Waals surface area contributed by atoms with Crippen LogP contribution in [-0.4, -0.2) is 20.6 Å². The molecule has 0 bridgehead atoms. The standard InChI is InChI=1S/C11H16N2O2/c1-3-8-6-13(9-4-5-9)10(12-8)7(2)11(14)15/h6-7,9H,3-5H2,1-2H3,(H,14,15). The maximum Gasteiger partial charge on any atom is 0.313 e. The lowest BCUT2D eigenvalue weighted by Gasteiger charge is -2.08. The summed E-state index contributed by atoms with van der Waals surface area (Å²) in [7, 11) is 0. The molecule has 4 heteroatoms. The second-order valence-electron chi connectivity index (χ2n) is 4.14. The zero-order valence-electron chi connectivity index (χ0n) is 9.10. The molecule has 1 aliphatic rings. The molecule has 1 N–H and O–H groups in total. The third-order valence-electron chi connectivity index (χ3n) is 2.87. The van der Waals surface area contributed by atoms with Crippen LogP contribution in [0.15, 0.2) is 6.20 Å². The molecule has 0 saturated heterocycles. The van der Waals surface area contributed by atoms with Gasteiger partial charge >= 0.3 is 5.97 Å². The maximum absolute atomic E-state index is 10.9. The normalized spacial score (nSPS) is 17.7. The van der Waals surface area contributed by atoms with Crippen molar-refractivity contribution in [1.29, 1.82) is 0 Å². The third kappa shape index (κ3) is 1.89. The highest BCUT2D eigenvalue weighted by atomic mass is 16.4. The quantitative estimate of drug-likeness (QED) is 0.823. The molecule has 1 saturated carbocycles. The minimum absolute atomic E-state index is 0.495. The molecule has 1 fully saturated rings. The van der Waals surface area contributed by atoms with Crippen LogP contribution in [0.3, 0.4) is 0 Å². The Morgan fingerprint density at radius 1 is 1.73 bits per heavy atom. The highest BCUT2D eigenvalue weighted by molar-refractivity contribution is 5.74. The number of aliphatic carboxylic acids is 1. The van der Waals surface area contributed by atoms with E-state index in [-0.39, 0.29) is 0 Å². The van der Waals surface area contributed by atoms with Crippen molar-refractivity contribution in [2.24, 2.45) is 0 Å². The van der Waals surface area contributed by atoms with Gasteiger partial charge in [0, 0.05) is 12.2 Å². The zero-order valence-corrected chi connectivity index (χ0v) is 9.10. The average Bonchev–Trinajstić information content (AvgIpc) is 2.97. The number of carboxylic acids is 1. The molecule has 0 aliphatic heterocycles. The van der Waals surface area contributed by atoms with Gasteiger partial charge in [-0.15, -0.1) is 0 Å². The Balaban J connectivity index is 2.34. The molecule has 0 spiro atoms. The summed E-state index contributed by atoms with van der Waals surface area (Å²) in [6.45, 7) is 3.73. The van der Waals surface area contributed by atoms with Gasteiger partial charge in [0.1, 0.15) is 11.7 Å². The summed E-state index contributed by atoms with van der Waals surface area (Å²) in [6, 6.07) is 0.495. The molecule has 4 nitrogen and oxygen atoms in total. The number of nitrogens with zero attached hydrogens (tertiary/aromatic N) is 2. The first kappa shape index (κ1) is 10.2. The van der Waals surface area contributed by atoms with Gasteiger partial charge in [0.25, 0.3) is 0 Å². The summed E-state index contributed by atoms with van der Waals surface area (Å²) in [5, 5.41) is 8.99. The van der Waals surface area contributed by atoms with E-state index in [1.807, 2.05) is 13.1 Å². The van der Waals surface area contributed by atoms with E-state index in [1.54, 1.807) is 6.92 Å². The number of hydrogen-bond donors (Lipinski definition) is 1. The molecule has 0 amide bonds. The Morgan fingerprint density at radius 3 is 2.87 bits per heavy atom. The predicted molar refractivity (Wildman–Crippen MR) is 55.9 cm³/mol. The molecular formula is C11H16N2O2. The van der Waals surface area contributed by atoms with Gasteiger partial charge in [0.05, 0.1) is 5.69 Å². The summed E-state index contributed by atoms with van der Waals surface area (Å²) in [5.74, 6) is -0.599. The average molecular weight is 208 g/mol. The summed E-state index contributed by atoms with van der Waals surface area (Å²) < 4.78 is 2.05. The lowest BCUT2D eigenvalue weighted by atomic mass is 10.2. The second kappa shape index (κ2) is 3.68. The molecule has 0 aromatic carbocycles. The topological polar surface area (TPSA) is 55.1 Å². The monoisotopic (exact) mass is 208 g/mol. The van der Waals surface area contributed by atoms with Crippen LogP contribution in [0.2, 0.25) is 0 Å². The van der Waals surface area contributed by atoms with E-state index in [0.29, 0.717) is 11.9 Å². The Morgan fingerprint density at radius 2 is 2.40 bits per heavy atom. The summed E-state index contributed by atoms with van der Waals surface area (Å²) in [5.41, 5.74) is 0.991. The van der Waals surface area contributed by atoms with Crippen LogP contribution in [0.5, 0.6) is 0 Å². The van der Waals surface area contributed by atoms with Crippen molar-refractivity contribution in [1.82, 2.24) is 9.55 Å². The largest absolute Gasteiger partial charge is 0.481 e. The van der Waals surface area contributed by atoms with Crippen LogP contribution in [0.4, 0.5) is 0 Å². The number of carbonyl (C=O) groups is 1. The van der Waals surface area contributed by atoms with Crippen LogP contribution >= 0.6 is 0 Å². The number of hydrogen-bond acceptors (Lipinski definition) is 2. The van der Waals surface area contributed by atoms with E-state index in [2.05, 4.69) is 9.55 Å². The molecule has 1 aromatic rings. The fourth-order valence-electron chi connectivity index (χ4n) is 1.71. The molecule has 1 unspecified atom stereocenters. The lowest BCUT2D eigenvalue weighted by Crippen LogP contribution is -2.13. The van der Waals surface area contributed by atoms with Gasteiger partial charge in [-0.1, -0.05) is 6.92 Å². The van der Waals surface area contributed by atoms with Crippen molar-refractivity contribution in [3.05, 3.63) is 17.7 Å². The second-order valence-corrected chi connectivity index (χ2v) is 4.14. The molecule has 1 aliphatic carbocycles. The maximum atomic E-state index is 10.9. The first-order valence-electron chi connectivity index (χ1n) is 5.44. The van der Waals surface area contributed by atoms with Gasteiger partial charge in [-0.05, 0) is 26.2 Å². The molecular weight excluding hydrogens is 192 g/mol. The molecule has 0 radical (unpaired) electrons. The predicted octanol–water partition coefficient (Wildman–Crippen LogP) is 1.97. The van der Waals surface area contributed by atoms with Crippen LogP contribution in [0, 0.1) is 0 Å². The van der Waals surface area contributed by atoms with Crippen molar-refractivity contribution in [3.63, 3.8) is 0 Å². The van der Waals surface area contributed by atoms with Crippen LogP contribution in [0.25, 0.3) is 0 Å². The van der Waals surface area contributed by atoms with Gasteiger partial charge in [-0.3, -0.25) is 4.79 Å². The van der Waals surface area contributed by atoms with Gasteiger partial charge < -0.3 is 9.67 Å². The Kier molecular flexibility index (Phi) is 2.50. The Bertz CT molecular complexity index is 380. The van der Waals surface area contributed by atoms with E-state index in [9.17, 15) is 4.79 Å². The minimum atomic E-state index is -0.801. The van der Waals surface area contributed by atoms with Crippen molar-refractivity contribution in [2.75, 3.05) is 0 Å². The van der Waals surface area contributed by atoms with Gasteiger partial charge in [0.15, 0.2) is 0 Å². The van der Waals surface area contributed by atoms with Crippen molar-refractivity contribution >= 4 is 5.97 Å². The Hall–Kier alpha value is -1.32. The van der Waals surface area contributed by atoms with Crippen molar-refractivity contribution in [3.8, 4) is 0 Å². The zero-order chi connectivity index (χ0) is 11.0. The van der Waals surface area contributed by atoms with E-state index < -0.39 is 11.9 Å². The van der Waals surface area contributed by atoms with Crippen molar-refractivity contribution in [2.45, 2.75) is 45.1 Å². The van der Waals surface area contributed by atoms with E-state index in [1.165, 1.54) is 0 Å². The highest BCUT2D eigenvalue weighted by Crippen LogP contribution is 2.37. The van der Waals surface area contributed by atoms with Gasteiger partial charge in [0.2, 0.25) is 0 Å². The summed E-state index contributed by atoms with van der Waals surface area (Å²) in [6.07, 6.45) is 5.17. The molecule has 2 rings (SSSR count). The van der Waals surface area contributed by atoms with E-state index in [0.717, 1.165) is 25.0 Å². The molecule has 1 aromatic heterocycles. The smallest absolute Gasteiger partial charge is 0.313 e. The number of aryl methyl sites for hydroxylation is 1. The van der Waals surface area contributed by atoms with Crippen LogP contribution in [-0.2, 0) is 11.2 Å². The highest BCUT2D eigenvalue weighted by Gasteiger charge is 2.30. The third-order valence-corrected chi connectivity index (χ3v) is 2.87. The number of rotatable bonds is 4. The van der Waals surface area contributed by atoms with E-state index >= 15 is 0 Å². The van der Waals surface area contributed by atoms with Gasteiger partial charge in [-0.25, -0.2) is 4.98 Å². The number of imidazole rings is 1. The van der Waals surface area contributed by atoms with Gasteiger partial charge in [-0.2, -0.15) is 0 Å². The first-order chi connectivity index (χ1) is 7.13.